The van der Waals surface area contributed by atoms with Gasteiger partial charge in [-0.3, -0.25) is 4.79 Å². The number of carboxylic acid groups (broad SMARTS) is 1. The van der Waals surface area contributed by atoms with Crippen LogP contribution in [0.15, 0.2) is 0 Å². The summed E-state index contributed by atoms with van der Waals surface area (Å²) in [5, 5.41) is 7.78. The number of nitrogens with one attached hydrogen (secondary N) is 1. The predicted octanol–water partition coefficient (Wildman–Crippen LogP) is -0.680. The van der Waals surface area contributed by atoms with Crippen molar-refractivity contribution < 1.29 is 14.7 Å². The lowest BCUT2D eigenvalue weighted by Crippen LogP contribution is -2.32. The third-order valence-electron chi connectivity index (χ3n) is 0.309. The molecule has 1 radical (unpaired) electrons. The first-order valence-corrected chi connectivity index (χ1v) is 1.83. The first kappa shape index (κ1) is 6.74. The van der Waals surface area contributed by atoms with E-state index >= 15 is 0 Å². The fourth-order valence-corrected chi connectivity index (χ4v) is 0.127. The van der Waals surface area contributed by atoms with E-state index in [1.807, 2.05) is 0 Å². The van der Waals surface area contributed by atoms with E-state index in [0.717, 1.165) is 0 Å². The van der Waals surface area contributed by atoms with Gasteiger partial charge in [-0.15, -0.1) is 0 Å². The van der Waals surface area contributed by atoms with Crippen molar-refractivity contribution in [3.63, 3.8) is 0 Å². The van der Waals surface area contributed by atoms with Crippen molar-refractivity contribution in [2.24, 2.45) is 0 Å². The van der Waals surface area contributed by atoms with Crippen LogP contribution in [0.5, 0.6) is 0 Å². The Balaban J connectivity index is 3.18. The Labute approximate surface area is 45.7 Å². The van der Waals surface area contributed by atoms with Crippen LogP contribution in [0.25, 0.3) is 0 Å². The molecule has 0 bridgehead atoms. The Morgan fingerprint density at radius 2 is 2.12 bits per heavy atom. The first-order chi connectivity index (χ1) is 3.63. The van der Waals surface area contributed by atoms with Crippen molar-refractivity contribution in [1.82, 2.24) is 10.9 Å². The fourth-order valence-electron chi connectivity index (χ4n) is 0.127. The molecule has 0 spiro atoms. The Morgan fingerprint density at radius 3 is 2.25 bits per heavy atom. The van der Waals surface area contributed by atoms with Crippen molar-refractivity contribution in [3.05, 3.63) is 0 Å². The average molecular weight is 117 g/mol. The minimum absolute atomic E-state index is 0.493. The molecular weight excluding hydrogens is 112 g/mol. The first-order valence-electron chi connectivity index (χ1n) is 1.83. The van der Waals surface area contributed by atoms with Crippen molar-refractivity contribution in [3.8, 4) is 0 Å². The topological polar surface area (TPSA) is 80.5 Å². The molecule has 0 saturated heterocycles. The fraction of sp³-hybridized carbons (Fsp3) is 0.333. The zero-order chi connectivity index (χ0) is 6.57. The molecule has 0 aliphatic rings. The van der Waals surface area contributed by atoms with Gasteiger partial charge in [0.05, 0.1) is 0 Å². The number of carbonyl (C=O) groups excluding carboxylic acids is 1. The molecular formula is C3H5N2O3. The van der Waals surface area contributed by atoms with Crippen LogP contribution in [0.2, 0.25) is 0 Å². The van der Waals surface area contributed by atoms with Crippen molar-refractivity contribution in [2.45, 2.75) is 6.92 Å². The van der Waals surface area contributed by atoms with E-state index < -0.39 is 12.0 Å². The summed E-state index contributed by atoms with van der Waals surface area (Å²) < 4.78 is 0. The van der Waals surface area contributed by atoms with Crippen LogP contribution in [0.4, 0.5) is 4.79 Å². The van der Waals surface area contributed by atoms with Gasteiger partial charge in [-0.05, 0) is 0 Å². The molecule has 5 heteroatoms. The Bertz CT molecular complexity index is 97.1. The smallest absolute Gasteiger partial charge is 0.448 e. The maximum Gasteiger partial charge on any atom is 0.448 e. The molecule has 2 N–H and O–H groups in total. The monoisotopic (exact) mass is 117 g/mol. The Kier molecular flexibility index (Phi) is 2.39. The number of hydrogen-bond acceptors (Lipinski definition) is 2. The molecule has 8 heavy (non-hydrogen) atoms. The highest BCUT2D eigenvalue weighted by Gasteiger charge is 1.95. The molecule has 2 amide bonds. The third-order valence-corrected chi connectivity index (χ3v) is 0.309. The van der Waals surface area contributed by atoms with E-state index in [1.165, 1.54) is 6.92 Å². The van der Waals surface area contributed by atoms with Crippen LogP contribution >= 0.6 is 0 Å². The number of rotatable bonds is 0. The van der Waals surface area contributed by atoms with Crippen LogP contribution in [0.1, 0.15) is 6.92 Å². The SMILES string of the molecule is CC(=O)N[N]C(=O)O. The molecule has 0 heterocycles. The normalized spacial score (nSPS) is 7.62. The highest BCUT2D eigenvalue weighted by atomic mass is 16.4. The number of carbonyl (C=O) groups is 2. The van der Waals surface area contributed by atoms with Gasteiger partial charge in [0.15, 0.2) is 0 Å². The molecule has 0 atom stereocenters. The summed E-state index contributed by atoms with van der Waals surface area (Å²) in [6, 6.07) is 0. The lowest BCUT2D eigenvalue weighted by atomic mass is 10.8. The van der Waals surface area contributed by atoms with Crippen LogP contribution in [0.3, 0.4) is 0 Å². The molecule has 0 aliphatic carbocycles. The molecule has 0 aromatic rings. The summed E-state index contributed by atoms with van der Waals surface area (Å²) >= 11 is 0. The van der Waals surface area contributed by atoms with Crippen molar-refractivity contribution in [1.29, 1.82) is 0 Å². The summed E-state index contributed by atoms with van der Waals surface area (Å²) in [6.45, 7) is 1.17. The minimum atomic E-state index is -1.40. The predicted molar refractivity (Wildman–Crippen MR) is 24.0 cm³/mol. The van der Waals surface area contributed by atoms with Crippen molar-refractivity contribution in [2.75, 3.05) is 0 Å². The number of nitrogens with zero attached hydrogens (tertiary/aromatic N) is 1. The van der Waals surface area contributed by atoms with Gasteiger partial charge in [0, 0.05) is 6.92 Å². The van der Waals surface area contributed by atoms with Crippen LogP contribution in [-0.2, 0) is 4.79 Å². The highest BCUT2D eigenvalue weighted by Crippen LogP contribution is 1.58. The van der Waals surface area contributed by atoms with Gasteiger partial charge in [-0.2, -0.15) is 0 Å². The maximum atomic E-state index is 9.88. The molecule has 0 unspecified atom stereocenters. The highest BCUT2D eigenvalue weighted by molar-refractivity contribution is 5.75. The molecule has 5 nitrogen and oxygen atoms in total. The lowest BCUT2D eigenvalue weighted by molar-refractivity contribution is -0.119. The van der Waals surface area contributed by atoms with E-state index in [1.54, 1.807) is 5.43 Å². The average Bonchev–Trinajstić information content (AvgIpc) is 1.61. The second-order valence-corrected chi connectivity index (χ2v) is 1.06. The van der Waals surface area contributed by atoms with Gasteiger partial charge in [0.25, 0.3) is 0 Å². The molecule has 0 aliphatic heterocycles. The molecule has 0 aromatic heterocycles. The number of amides is 2. The Hall–Kier alpha value is -1.26. The lowest BCUT2D eigenvalue weighted by Gasteiger charge is -1.91. The van der Waals surface area contributed by atoms with Gasteiger partial charge in [0.2, 0.25) is 5.91 Å². The number of hydrogen-bond donors (Lipinski definition) is 2. The summed E-state index contributed by atoms with van der Waals surface area (Å²) in [5.41, 5.74) is 4.37. The summed E-state index contributed by atoms with van der Waals surface area (Å²) in [7, 11) is 0. The Morgan fingerprint density at radius 1 is 1.62 bits per heavy atom. The van der Waals surface area contributed by atoms with E-state index in [-0.39, 0.29) is 0 Å². The van der Waals surface area contributed by atoms with Crippen molar-refractivity contribution >= 4 is 12.0 Å². The summed E-state index contributed by atoms with van der Waals surface area (Å²) in [5.74, 6) is -0.493. The standard InChI is InChI=1S/C3H5N2O3/c1-2(6)4-5-3(7)8/h1H3,(H,4,6)(H,7,8). The summed E-state index contributed by atoms with van der Waals surface area (Å²) in [6.07, 6.45) is -1.40. The van der Waals surface area contributed by atoms with Gasteiger partial charge >= 0.3 is 6.09 Å². The van der Waals surface area contributed by atoms with E-state index in [4.69, 9.17) is 5.11 Å². The quantitative estimate of drug-likeness (QED) is 0.412. The summed E-state index contributed by atoms with van der Waals surface area (Å²) in [4.78, 5) is 19.4. The van der Waals surface area contributed by atoms with Gasteiger partial charge in [-0.25, -0.2) is 10.2 Å². The van der Waals surface area contributed by atoms with Gasteiger partial charge < -0.3 is 5.11 Å². The minimum Gasteiger partial charge on any atom is -0.462 e. The molecule has 0 aromatic carbocycles. The van der Waals surface area contributed by atoms with E-state index in [9.17, 15) is 9.59 Å². The molecule has 45 valence electrons. The van der Waals surface area contributed by atoms with Crippen LogP contribution in [-0.4, -0.2) is 17.1 Å². The zero-order valence-electron chi connectivity index (χ0n) is 4.21. The zero-order valence-corrected chi connectivity index (χ0v) is 4.21. The van der Waals surface area contributed by atoms with Crippen LogP contribution in [0, 0.1) is 0 Å². The third kappa shape index (κ3) is 4.74. The largest absolute Gasteiger partial charge is 0.462 e. The van der Waals surface area contributed by atoms with Gasteiger partial charge in [-0.1, -0.05) is 5.43 Å². The second-order valence-electron chi connectivity index (χ2n) is 1.06. The molecule has 0 rings (SSSR count). The van der Waals surface area contributed by atoms with Crippen LogP contribution < -0.4 is 10.9 Å². The second kappa shape index (κ2) is 2.84. The van der Waals surface area contributed by atoms with E-state index in [0.29, 0.717) is 0 Å². The maximum absolute atomic E-state index is 9.88. The molecule has 0 fully saturated rings. The van der Waals surface area contributed by atoms with E-state index in [2.05, 4.69) is 5.43 Å². The van der Waals surface area contributed by atoms with Gasteiger partial charge in [0.1, 0.15) is 0 Å². The molecule has 0 saturated carbocycles.